The van der Waals surface area contributed by atoms with Gasteiger partial charge in [-0.15, -0.1) is 0 Å². The number of rotatable bonds is 8. The van der Waals surface area contributed by atoms with Gasteiger partial charge in [0.25, 0.3) is 0 Å². The lowest BCUT2D eigenvalue weighted by molar-refractivity contribution is 0.0696. The molecule has 1 aliphatic rings. The van der Waals surface area contributed by atoms with Gasteiger partial charge in [-0.05, 0) is 29.8 Å². The first-order valence-corrected chi connectivity index (χ1v) is 11.7. The molecular formula is C21H25FN4O4S. The number of carbonyl (C=O) groups is 1. The van der Waals surface area contributed by atoms with Crippen molar-refractivity contribution in [2.75, 3.05) is 43.9 Å². The topological polar surface area (TPSA) is 103 Å². The summed E-state index contributed by atoms with van der Waals surface area (Å²) in [5, 5.41) is 8.98. The third kappa shape index (κ3) is 7.12. The fourth-order valence-corrected chi connectivity index (χ4v) is 4.05. The standard InChI is InChI=1S/C21H25FN4O4S/c1-31(29,30)24-19(8-4-16-2-6-18(22)7-3-16)15-25-10-12-26(13-11-25)20-9-5-17(14-23-20)21(27)28/h2-9,14,19,24H,10-13,15H2,1H3,(H,27,28)/b8-4+. The summed E-state index contributed by atoms with van der Waals surface area (Å²) in [6.07, 6.45) is 6.01. The molecule has 0 radical (unpaired) electrons. The molecule has 166 valence electrons. The quantitative estimate of drug-likeness (QED) is 0.633. The number of pyridine rings is 1. The Bertz CT molecular complexity index is 1020. The largest absolute Gasteiger partial charge is 0.478 e. The third-order valence-electron chi connectivity index (χ3n) is 4.90. The fourth-order valence-electron chi connectivity index (χ4n) is 3.35. The van der Waals surface area contributed by atoms with E-state index in [0.29, 0.717) is 38.5 Å². The number of sulfonamides is 1. The molecule has 0 bridgehead atoms. The summed E-state index contributed by atoms with van der Waals surface area (Å²) in [5.41, 5.74) is 0.924. The number of aromatic nitrogens is 1. The van der Waals surface area contributed by atoms with E-state index in [1.165, 1.54) is 24.4 Å². The van der Waals surface area contributed by atoms with Gasteiger partial charge >= 0.3 is 5.97 Å². The summed E-state index contributed by atoms with van der Waals surface area (Å²) in [5.74, 6) is -0.624. The molecule has 1 atom stereocenters. The smallest absolute Gasteiger partial charge is 0.337 e. The number of piperazine rings is 1. The van der Waals surface area contributed by atoms with E-state index >= 15 is 0 Å². The molecule has 2 N–H and O–H groups in total. The Labute approximate surface area is 181 Å². The minimum absolute atomic E-state index is 0.144. The number of hydrogen-bond donors (Lipinski definition) is 2. The van der Waals surface area contributed by atoms with Crippen molar-refractivity contribution < 1.29 is 22.7 Å². The first kappa shape index (κ1) is 22.9. The lowest BCUT2D eigenvalue weighted by atomic mass is 10.1. The molecule has 2 heterocycles. The van der Waals surface area contributed by atoms with Gasteiger partial charge in [-0.2, -0.15) is 0 Å². The van der Waals surface area contributed by atoms with Gasteiger partial charge in [-0.3, -0.25) is 4.90 Å². The fraction of sp³-hybridized carbons (Fsp3) is 0.333. The summed E-state index contributed by atoms with van der Waals surface area (Å²) in [4.78, 5) is 19.4. The third-order valence-corrected chi connectivity index (χ3v) is 5.63. The Kier molecular flexibility index (Phi) is 7.37. The second-order valence-electron chi connectivity index (χ2n) is 7.41. The molecule has 10 heteroatoms. The van der Waals surface area contributed by atoms with Gasteiger partial charge in [0.15, 0.2) is 0 Å². The van der Waals surface area contributed by atoms with E-state index in [4.69, 9.17) is 5.11 Å². The number of benzene rings is 1. The van der Waals surface area contributed by atoms with Crippen molar-refractivity contribution in [2.45, 2.75) is 6.04 Å². The van der Waals surface area contributed by atoms with E-state index in [1.54, 1.807) is 30.4 Å². The first-order valence-electron chi connectivity index (χ1n) is 9.77. The van der Waals surface area contributed by atoms with E-state index in [0.717, 1.165) is 11.8 Å². The Balaban J connectivity index is 1.60. The van der Waals surface area contributed by atoms with Gasteiger partial charge in [0.05, 0.1) is 17.9 Å². The van der Waals surface area contributed by atoms with Crippen LogP contribution in [0, 0.1) is 5.82 Å². The highest BCUT2D eigenvalue weighted by Crippen LogP contribution is 2.15. The molecule has 0 saturated carbocycles. The zero-order chi connectivity index (χ0) is 22.4. The van der Waals surface area contributed by atoms with Crippen molar-refractivity contribution in [3.8, 4) is 0 Å². The predicted octanol–water partition coefficient (Wildman–Crippen LogP) is 1.67. The molecular weight excluding hydrogens is 423 g/mol. The van der Waals surface area contributed by atoms with E-state index in [-0.39, 0.29) is 11.4 Å². The Hall–Kier alpha value is -2.82. The number of carboxylic acid groups (broad SMARTS) is 1. The summed E-state index contributed by atoms with van der Waals surface area (Å²) in [6, 6.07) is 8.76. The second-order valence-corrected chi connectivity index (χ2v) is 9.19. The number of aromatic carboxylic acids is 1. The van der Waals surface area contributed by atoms with Gasteiger partial charge in [0, 0.05) is 38.9 Å². The van der Waals surface area contributed by atoms with E-state index in [9.17, 15) is 17.6 Å². The molecule has 31 heavy (non-hydrogen) atoms. The molecule has 0 amide bonds. The molecule has 0 aliphatic carbocycles. The predicted molar refractivity (Wildman–Crippen MR) is 117 cm³/mol. The van der Waals surface area contributed by atoms with Gasteiger partial charge in [0.2, 0.25) is 10.0 Å². The average molecular weight is 449 g/mol. The second kappa shape index (κ2) is 9.99. The molecule has 3 rings (SSSR count). The molecule has 1 fully saturated rings. The maximum Gasteiger partial charge on any atom is 0.337 e. The van der Waals surface area contributed by atoms with Gasteiger partial charge in [-0.25, -0.2) is 27.3 Å². The van der Waals surface area contributed by atoms with Crippen molar-refractivity contribution in [1.82, 2.24) is 14.6 Å². The Morgan fingerprint density at radius 1 is 1.19 bits per heavy atom. The maximum absolute atomic E-state index is 13.1. The van der Waals surface area contributed by atoms with Crippen LogP contribution in [-0.4, -0.2) is 74.4 Å². The Morgan fingerprint density at radius 3 is 2.42 bits per heavy atom. The number of hydrogen-bond acceptors (Lipinski definition) is 6. The highest BCUT2D eigenvalue weighted by atomic mass is 32.2. The van der Waals surface area contributed by atoms with Crippen molar-refractivity contribution in [3.05, 3.63) is 65.6 Å². The normalized spacial score (nSPS) is 16.5. The van der Waals surface area contributed by atoms with Crippen LogP contribution >= 0.6 is 0 Å². The van der Waals surface area contributed by atoms with Crippen LogP contribution in [-0.2, 0) is 10.0 Å². The zero-order valence-electron chi connectivity index (χ0n) is 17.1. The maximum atomic E-state index is 13.1. The molecule has 1 saturated heterocycles. The molecule has 2 aromatic rings. The summed E-state index contributed by atoms with van der Waals surface area (Å²) in [6.45, 7) is 3.27. The van der Waals surface area contributed by atoms with Crippen molar-refractivity contribution >= 4 is 27.9 Å². The van der Waals surface area contributed by atoms with Gasteiger partial charge in [0.1, 0.15) is 11.6 Å². The van der Waals surface area contributed by atoms with Crippen LogP contribution < -0.4 is 9.62 Å². The summed E-state index contributed by atoms with van der Waals surface area (Å²) < 4.78 is 39.3. The minimum atomic E-state index is -3.41. The van der Waals surface area contributed by atoms with Crippen molar-refractivity contribution in [3.63, 3.8) is 0 Å². The number of nitrogens with one attached hydrogen (secondary N) is 1. The lowest BCUT2D eigenvalue weighted by Crippen LogP contribution is -2.51. The number of carboxylic acids is 1. The summed E-state index contributed by atoms with van der Waals surface area (Å²) >= 11 is 0. The van der Waals surface area contributed by atoms with Crippen LogP contribution in [0.25, 0.3) is 6.08 Å². The highest BCUT2D eigenvalue weighted by molar-refractivity contribution is 7.88. The monoisotopic (exact) mass is 448 g/mol. The van der Waals surface area contributed by atoms with Crippen LogP contribution in [0.1, 0.15) is 15.9 Å². The number of halogens is 1. The van der Waals surface area contributed by atoms with Crippen LogP contribution in [0.4, 0.5) is 10.2 Å². The van der Waals surface area contributed by atoms with Gasteiger partial charge in [-0.1, -0.05) is 24.3 Å². The molecule has 1 aromatic carbocycles. The molecule has 1 aliphatic heterocycles. The minimum Gasteiger partial charge on any atom is -0.478 e. The van der Waals surface area contributed by atoms with Crippen molar-refractivity contribution in [2.24, 2.45) is 0 Å². The van der Waals surface area contributed by atoms with E-state index < -0.39 is 22.0 Å². The SMILES string of the molecule is CS(=O)(=O)NC(/C=C/c1ccc(F)cc1)CN1CCN(c2ccc(C(=O)O)cn2)CC1. The van der Waals surface area contributed by atoms with Crippen LogP contribution in [0.2, 0.25) is 0 Å². The summed E-state index contributed by atoms with van der Waals surface area (Å²) in [7, 11) is -3.41. The van der Waals surface area contributed by atoms with Gasteiger partial charge < -0.3 is 10.0 Å². The van der Waals surface area contributed by atoms with E-state index in [2.05, 4.69) is 19.5 Å². The molecule has 0 spiro atoms. The van der Waals surface area contributed by atoms with E-state index in [1.807, 2.05) is 0 Å². The van der Waals surface area contributed by atoms with Crippen molar-refractivity contribution in [1.29, 1.82) is 0 Å². The average Bonchev–Trinajstić information content (AvgIpc) is 2.73. The Morgan fingerprint density at radius 2 is 1.87 bits per heavy atom. The van der Waals surface area contributed by atoms with Crippen LogP contribution in [0.3, 0.4) is 0 Å². The zero-order valence-corrected chi connectivity index (χ0v) is 17.9. The number of nitrogens with zero attached hydrogens (tertiary/aromatic N) is 3. The number of anilines is 1. The molecule has 1 unspecified atom stereocenters. The lowest BCUT2D eigenvalue weighted by Gasteiger charge is -2.36. The van der Waals surface area contributed by atoms with Crippen LogP contribution in [0.5, 0.6) is 0 Å². The highest BCUT2D eigenvalue weighted by Gasteiger charge is 2.21. The van der Waals surface area contributed by atoms with Crippen LogP contribution in [0.15, 0.2) is 48.7 Å². The molecule has 8 nitrogen and oxygen atoms in total. The first-order chi connectivity index (χ1) is 14.7. The molecule has 1 aromatic heterocycles.